The Labute approximate surface area is 126 Å². The van der Waals surface area contributed by atoms with Crippen LogP contribution in [0.1, 0.15) is 18.1 Å². The Bertz CT molecular complexity index is 492. The molecule has 0 aromatic heterocycles. The number of hydrogen-bond acceptors (Lipinski definition) is 3. The summed E-state index contributed by atoms with van der Waals surface area (Å²) >= 11 is 0. The summed E-state index contributed by atoms with van der Waals surface area (Å²) in [7, 11) is 1.68. The Kier molecular flexibility index (Phi) is 8.41. The quantitative estimate of drug-likeness (QED) is 0.623. The van der Waals surface area contributed by atoms with Crippen molar-refractivity contribution in [1.82, 2.24) is 0 Å². The van der Waals surface area contributed by atoms with E-state index in [1.807, 2.05) is 67.6 Å². The Hall–Kier alpha value is -2.26. The molecule has 21 heavy (non-hydrogen) atoms. The van der Waals surface area contributed by atoms with Crippen LogP contribution in [-0.2, 0) is 9.53 Å². The second kappa shape index (κ2) is 10.5. The molecule has 110 valence electrons. The maximum Gasteiger partial charge on any atom is 0.141 e. The Morgan fingerprint density at radius 2 is 1.43 bits per heavy atom. The normalized spacial score (nSPS) is 9.24. The van der Waals surface area contributed by atoms with Crippen LogP contribution in [0.3, 0.4) is 0 Å². The molecule has 2 aromatic carbocycles. The van der Waals surface area contributed by atoms with E-state index >= 15 is 0 Å². The van der Waals surface area contributed by atoms with Gasteiger partial charge in [0.2, 0.25) is 0 Å². The van der Waals surface area contributed by atoms with Crippen LogP contribution >= 0.6 is 0 Å². The van der Waals surface area contributed by atoms with Crippen molar-refractivity contribution >= 4 is 12.0 Å². The zero-order chi connectivity index (χ0) is 15.3. The molecule has 0 aliphatic carbocycles. The Balaban J connectivity index is 0.000000491. The van der Waals surface area contributed by atoms with Crippen LogP contribution in [0.5, 0.6) is 0 Å². The Morgan fingerprint density at radius 3 is 1.76 bits per heavy atom. The summed E-state index contributed by atoms with van der Waals surface area (Å²) in [4.78, 5) is 14.8. The first-order valence-corrected chi connectivity index (χ1v) is 6.91. The van der Waals surface area contributed by atoms with E-state index in [0.29, 0.717) is 0 Å². The lowest BCUT2D eigenvalue weighted by atomic mass is 10.0. The van der Waals surface area contributed by atoms with Crippen LogP contribution in [0.25, 0.3) is 0 Å². The minimum absolute atomic E-state index is 0.194. The second-order valence-electron chi connectivity index (χ2n) is 4.17. The van der Waals surface area contributed by atoms with Gasteiger partial charge in [-0.15, -0.1) is 0 Å². The SMILES string of the molecule is CCOC.O=CCN=C(c1ccccc1)c1ccccc1. The minimum Gasteiger partial charge on any atom is -0.385 e. The summed E-state index contributed by atoms with van der Waals surface area (Å²) in [5.74, 6) is 0. The van der Waals surface area contributed by atoms with Gasteiger partial charge >= 0.3 is 0 Å². The first kappa shape index (κ1) is 16.8. The first-order chi connectivity index (χ1) is 10.3. The van der Waals surface area contributed by atoms with E-state index in [2.05, 4.69) is 9.73 Å². The van der Waals surface area contributed by atoms with Crippen LogP contribution < -0.4 is 0 Å². The van der Waals surface area contributed by atoms with Gasteiger partial charge in [-0.25, -0.2) is 0 Å². The molecule has 2 rings (SSSR count). The largest absolute Gasteiger partial charge is 0.385 e. The maximum atomic E-state index is 10.5. The monoisotopic (exact) mass is 283 g/mol. The molecular weight excluding hydrogens is 262 g/mol. The van der Waals surface area contributed by atoms with E-state index in [4.69, 9.17) is 0 Å². The molecule has 0 heterocycles. The van der Waals surface area contributed by atoms with Crippen molar-refractivity contribution in [3.63, 3.8) is 0 Å². The van der Waals surface area contributed by atoms with Crippen molar-refractivity contribution in [1.29, 1.82) is 0 Å². The van der Waals surface area contributed by atoms with E-state index in [0.717, 1.165) is 29.7 Å². The predicted molar refractivity (Wildman–Crippen MR) is 87.0 cm³/mol. The number of ether oxygens (including phenoxy) is 1. The molecule has 3 heteroatoms. The van der Waals surface area contributed by atoms with E-state index in [1.165, 1.54) is 0 Å². The Morgan fingerprint density at radius 1 is 1.00 bits per heavy atom. The summed E-state index contributed by atoms with van der Waals surface area (Å²) in [5.41, 5.74) is 2.92. The smallest absolute Gasteiger partial charge is 0.141 e. The predicted octanol–water partition coefficient (Wildman–Crippen LogP) is 3.38. The number of benzene rings is 2. The third-order valence-corrected chi connectivity index (χ3v) is 2.71. The van der Waals surface area contributed by atoms with Gasteiger partial charge in [0.05, 0.1) is 12.3 Å². The average molecular weight is 283 g/mol. The fourth-order valence-electron chi connectivity index (χ4n) is 1.67. The van der Waals surface area contributed by atoms with Crippen LogP contribution in [0.4, 0.5) is 0 Å². The van der Waals surface area contributed by atoms with E-state index in [9.17, 15) is 4.79 Å². The van der Waals surface area contributed by atoms with Gasteiger partial charge in [0.25, 0.3) is 0 Å². The van der Waals surface area contributed by atoms with E-state index < -0.39 is 0 Å². The highest BCUT2D eigenvalue weighted by Gasteiger charge is 2.04. The molecule has 0 radical (unpaired) electrons. The molecule has 0 bridgehead atoms. The van der Waals surface area contributed by atoms with Crippen LogP contribution in [0.15, 0.2) is 65.7 Å². The molecule has 0 aliphatic rings. The highest BCUT2D eigenvalue weighted by Crippen LogP contribution is 2.10. The third kappa shape index (κ3) is 6.15. The summed E-state index contributed by atoms with van der Waals surface area (Å²) < 4.78 is 4.54. The first-order valence-electron chi connectivity index (χ1n) is 6.91. The number of rotatable bonds is 5. The third-order valence-electron chi connectivity index (χ3n) is 2.71. The molecule has 0 N–H and O–H groups in total. The molecular formula is C18H21NO2. The second-order valence-corrected chi connectivity index (χ2v) is 4.17. The lowest BCUT2D eigenvalue weighted by Gasteiger charge is -2.06. The lowest BCUT2D eigenvalue weighted by Crippen LogP contribution is -2.04. The summed E-state index contributed by atoms with van der Waals surface area (Å²) in [6.07, 6.45) is 0.811. The van der Waals surface area contributed by atoms with Gasteiger partial charge in [-0.1, -0.05) is 60.7 Å². The number of carbonyl (C=O) groups excluding carboxylic acids is 1. The van der Waals surface area contributed by atoms with Crippen LogP contribution in [0.2, 0.25) is 0 Å². The van der Waals surface area contributed by atoms with Crippen molar-refractivity contribution < 1.29 is 9.53 Å². The highest BCUT2D eigenvalue weighted by molar-refractivity contribution is 6.13. The van der Waals surface area contributed by atoms with E-state index in [1.54, 1.807) is 7.11 Å². The fourth-order valence-corrected chi connectivity index (χ4v) is 1.67. The molecule has 0 saturated heterocycles. The van der Waals surface area contributed by atoms with Crippen molar-refractivity contribution in [2.45, 2.75) is 6.92 Å². The molecule has 0 amide bonds. The average Bonchev–Trinajstić information content (AvgIpc) is 2.57. The summed E-state index contributed by atoms with van der Waals surface area (Å²) in [6.45, 7) is 2.97. The molecule has 0 aliphatic heterocycles. The van der Waals surface area contributed by atoms with Gasteiger partial charge in [-0.2, -0.15) is 0 Å². The molecule has 0 unspecified atom stereocenters. The topological polar surface area (TPSA) is 38.7 Å². The maximum absolute atomic E-state index is 10.5. The van der Waals surface area contributed by atoms with Crippen molar-refractivity contribution in [3.05, 3.63) is 71.8 Å². The zero-order valence-corrected chi connectivity index (χ0v) is 12.5. The van der Waals surface area contributed by atoms with Gasteiger partial charge in [0, 0.05) is 24.8 Å². The van der Waals surface area contributed by atoms with Crippen LogP contribution in [-0.4, -0.2) is 32.3 Å². The number of carbonyl (C=O) groups is 1. The molecule has 3 nitrogen and oxygen atoms in total. The van der Waals surface area contributed by atoms with Gasteiger partial charge in [0.1, 0.15) is 6.29 Å². The molecule has 0 atom stereocenters. The number of methoxy groups -OCH3 is 1. The van der Waals surface area contributed by atoms with Gasteiger partial charge < -0.3 is 9.53 Å². The number of nitrogens with zero attached hydrogens (tertiary/aromatic N) is 1. The van der Waals surface area contributed by atoms with Gasteiger partial charge in [-0.05, 0) is 6.92 Å². The molecule has 0 fully saturated rings. The summed E-state index contributed by atoms with van der Waals surface area (Å²) in [5, 5.41) is 0. The molecule has 0 spiro atoms. The standard InChI is InChI=1S/C15H13NO.C3H8O/c17-12-11-16-15(13-7-3-1-4-8-13)14-9-5-2-6-10-14;1-3-4-2/h1-10,12H,11H2;3H2,1-2H3. The van der Waals surface area contributed by atoms with E-state index in [-0.39, 0.29) is 6.54 Å². The fraction of sp³-hybridized carbons (Fsp3) is 0.222. The van der Waals surface area contributed by atoms with Crippen molar-refractivity contribution in [2.24, 2.45) is 4.99 Å². The number of aldehydes is 1. The highest BCUT2D eigenvalue weighted by atomic mass is 16.5. The van der Waals surface area contributed by atoms with Crippen molar-refractivity contribution in [2.75, 3.05) is 20.3 Å². The minimum atomic E-state index is 0.194. The van der Waals surface area contributed by atoms with Crippen LogP contribution in [0, 0.1) is 0 Å². The molecule has 0 saturated carbocycles. The zero-order valence-electron chi connectivity index (χ0n) is 12.5. The van der Waals surface area contributed by atoms with Gasteiger partial charge in [-0.3, -0.25) is 4.99 Å². The number of hydrogen-bond donors (Lipinski definition) is 0. The van der Waals surface area contributed by atoms with Crippen molar-refractivity contribution in [3.8, 4) is 0 Å². The summed E-state index contributed by atoms with van der Waals surface area (Å²) in [6, 6.07) is 19.8. The van der Waals surface area contributed by atoms with Gasteiger partial charge in [0.15, 0.2) is 0 Å². The molecule has 2 aromatic rings. The lowest BCUT2D eigenvalue weighted by molar-refractivity contribution is -0.106. The number of aliphatic imine (C=N–C) groups is 1.